The van der Waals surface area contributed by atoms with Gasteiger partial charge in [-0.25, -0.2) is 4.57 Å². The van der Waals surface area contributed by atoms with Gasteiger partial charge in [-0.2, -0.15) is 0 Å². The van der Waals surface area contributed by atoms with Crippen molar-refractivity contribution in [3.8, 4) is 0 Å². The Kier molecular flexibility index (Phi) is 32.0. The van der Waals surface area contributed by atoms with Crippen LogP contribution in [-0.4, -0.2) is 93.9 Å². The van der Waals surface area contributed by atoms with E-state index in [1.165, 1.54) is 19.3 Å². The third-order valence-electron chi connectivity index (χ3n) is 10.2. The molecule has 1 aliphatic rings. The number of ketones is 1. The van der Waals surface area contributed by atoms with E-state index in [0.29, 0.717) is 32.1 Å². The van der Waals surface area contributed by atoms with E-state index in [1.54, 1.807) is 12.2 Å². The molecule has 1 fully saturated rings. The second-order valence-electron chi connectivity index (χ2n) is 15.5. The summed E-state index contributed by atoms with van der Waals surface area (Å²) in [5.41, 5.74) is 0. The van der Waals surface area contributed by atoms with Crippen molar-refractivity contribution in [3.05, 3.63) is 36.5 Å². The molecule has 0 aromatic rings. The Morgan fingerprint density at radius 1 is 0.776 bits per heavy atom. The van der Waals surface area contributed by atoms with Crippen molar-refractivity contribution in [2.75, 3.05) is 26.4 Å². The van der Waals surface area contributed by atoms with E-state index in [4.69, 9.17) is 19.1 Å². The molecular formula is C44H77O13P. The fourth-order valence-corrected chi connectivity index (χ4v) is 7.48. The zero-order valence-corrected chi connectivity index (χ0v) is 36.4. The molecule has 1 rings (SSSR count). The number of unbranched alkanes of at least 4 members (excludes halogenated alkanes) is 13. The van der Waals surface area contributed by atoms with Crippen molar-refractivity contribution >= 4 is 25.5 Å². The minimum Gasteiger partial charge on any atom is -0.462 e. The molecule has 0 radical (unpaired) electrons. The van der Waals surface area contributed by atoms with E-state index in [0.717, 1.165) is 77.0 Å². The molecule has 0 saturated heterocycles. The lowest BCUT2D eigenvalue weighted by Gasteiger charge is -2.20. The van der Waals surface area contributed by atoms with Crippen LogP contribution in [0.1, 0.15) is 162 Å². The number of Topliss-reactive ketones (excluding diaryl/α,β-unsaturated/α-hetero) is 1. The average Bonchev–Trinajstić information content (AvgIpc) is 3.47. The molecule has 336 valence electrons. The number of hydrogen-bond donors (Lipinski definition) is 5. The first-order chi connectivity index (χ1) is 27.9. The predicted octanol–water partition coefficient (Wildman–Crippen LogP) is 8.15. The number of carbonyl (C=O) groups excluding carboxylic acids is 3. The zero-order valence-electron chi connectivity index (χ0n) is 35.5. The summed E-state index contributed by atoms with van der Waals surface area (Å²) in [4.78, 5) is 47.7. The van der Waals surface area contributed by atoms with Crippen LogP contribution in [0.5, 0.6) is 0 Å². The van der Waals surface area contributed by atoms with E-state index in [-0.39, 0.29) is 31.0 Å². The molecular weight excluding hydrogens is 767 g/mol. The van der Waals surface area contributed by atoms with E-state index >= 15 is 0 Å². The highest BCUT2D eigenvalue weighted by atomic mass is 31.2. The monoisotopic (exact) mass is 845 g/mol. The molecule has 58 heavy (non-hydrogen) atoms. The summed E-state index contributed by atoms with van der Waals surface area (Å²) >= 11 is 0. The van der Waals surface area contributed by atoms with Gasteiger partial charge in [-0.05, 0) is 63.7 Å². The first kappa shape index (κ1) is 53.8. The van der Waals surface area contributed by atoms with Crippen LogP contribution in [0.15, 0.2) is 36.5 Å². The molecule has 0 bridgehead atoms. The summed E-state index contributed by atoms with van der Waals surface area (Å²) in [6, 6.07) is 0. The van der Waals surface area contributed by atoms with Crippen LogP contribution in [0.3, 0.4) is 0 Å². The number of phosphoric acid groups is 1. The largest absolute Gasteiger partial charge is 0.472 e. The van der Waals surface area contributed by atoms with E-state index < -0.39 is 76.5 Å². The quantitative estimate of drug-likeness (QED) is 0.0174. The van der Waals surface area contributed by atoms with Crippen LogP contribution in [0.2, 0.25) is 0 Å². The van der Waals surface area contributed by atoms with Crippen LogP contribution >= 0.6 is 7.82 Å². The summed E-state index contributed by atoms with van der Waals surface area (Å²) in [5, 5.41) is 39.1. The minimum absolute atomic E-state index is 0.0187. The maximum Gasteiger partial charge on any atom is 0.472 e. The van der Waals surface area contributed by atoms with E-state index in [2.05, 4.69) is 42.7 Å². The van der Waals surface area contributed by atoms with Gasteiger partial charge in [-0.15, -0.1) is 0 Å². The molecule has 13 nitrogen and oxygen atoms in total. The minimum atomic E-state index is -4.69. The summed E-state index contributed by atoms with van der Waals surface area (Å²) in [5.74, 6) is -1.75. The molecule has 5 N–H and O–H groups in total. The molecule has 0 aromatic carbocycles. The van der Waals surface area contributed by atoms with Crippen LogP contribution in [0.25, 0.3) is 0 Å². The number of phosphoric ester groups is 1. The molecule has 0 spiro atoms. The maximum atomic E-state index is 12.7. The topological polar surface area (TPSA) is 206 Å². The van der Waals surface area contributed by atoms with Crippen LogP contribution in [-0.2, 0) is 37.5 Å². The number of hydrogen-bond acceptors (Lipinski definition) is 12. The smallest absolute Gasteiger partial charge is 0.462 e. The normalized spacial score (nSPS) is 19.9. The molecule has 0 heterocycles. The van der Waals surface area contributed by atoms with Crippen LogP contribution < -0.4 is 0 Å². The third kappa shape index (κ3) is 28.3. The molecule has 7 atom stereocenters. The Labute approximate surface area is 348 Å². The lowest BCUT2D eigenvalue weighted by molar-refractivity contribution is -0.161. The fraction of sp³-hybridized carbons (Fsp3) is 0.795. The molecule has 0 aliphatic heterocycles. The van der Waals surface area contributed by atoms with Gasteiger partial charge in [0.05, 0.1) is 32.0 Å². The Balaban J connectivity index is 2.46. The Morgan fingerprint density at radius 3 is 2.03 bits per heavy atom. The van der Waals surface area contributed by atoms with Gasteiger partial charge in [0.15, 0.2) is 6.10 Å². The van der Waals surface area contributed by atoms with Gasteiger partial charge < -0.3 is 34.8 Å². The highest BCUT2D eigenvalue weighted by Gasteiger charge is 2.39. The summed E-state index contributed by atoms with van der Waals surface area (Å²) in [6.45, 7) is 1.95. The Morgan fingerprint density at radius 2 is 1.36 bits per heavy atom. The van der Waals surface area contributed by atoms with Crippen LogP contribution in [0, 0.1) is 11.8 Å². The highest BCUT2D eigenvalue weighted by Crippen LogP contribution is 2.43. The number of rotatable bonds is 37. The van der Waals surface area contributed by atoms with Crippen molar-refractivity contribution < 1.29 is 62.8 Å². The molecule has 1 unspecified atom stereocenters. The third-order valence-corrected chi connectivity index (χ3v) is 11.1. The standard InChI is InChI=1S/C44H77O13P/c1-3-5-7-8-9-10-11-12-13-14-15-16-17-18-23-27-43(50)54-34-38(35-56-58(52,53)55-33-37(47)32-45)57-44(51)28-24-20-19-22-26-39-40(42(49)31-41(39)48)30-29-36(46)25-21-6-4-2/h9-10,12-13,29-30,36-41,45-48H,3-8,11,14-28,31-35H2,1-2H3,(H,52,53)/b10-9-,13-12-,30-29+/t36-,37-,38+,39+,40+,41-/m0/s1. The van der Waals surface area contributed by atoms with Gasteiger partial charge in [0.25, 0.3) is 0 Å². The second-order valence-corrected chi connectivity index (χ2v) is 17.0. The number of ether oxygens (including phenoxy) is 2. The lowest BCUT2D eigenvalue weighted by Crippen LogP contribution is -2.29. The summed E-state index contributed by atoms with van der Waals surface area (Å²) in [7, 11) is -4.69. The number of carbonyl (C=O) groups is 3. The predicted molar refractivity (Wildman–Crippen MR) is 225 cm³/mol. The summed E-state index contributed by atoms with van der Waals surface area (Å²) < 4.78 is 32.7. The van der Waals surface area contributed by atoms with Crippen molar-refractivity contribution in [2.45, 2.75) is 186 Å². The highest BCUT2D eigenvalue weighted by molar-refractivity contribution is 7.47. The van der Waals surface area contributed by atoms with Gasteiger partial charge in [0, 0.05) is 25.2 Å². The Hall–Kier alpha value is -2.22. The Bertz CT molecular complexity index is 1220. The fourth-order valence-electron chi connectivity index (χ4n) is 6.69. The SMILES string of the molecule is CCCCC/C=C\C/C=C\CCCCCCCC(=O)OC[C@H](COP(=O)(O)OC[C@@H](O)CO)OC(=O)CCCCCC[C@H]1[C@@H](O)CC(=O)[C@@H]1/C=C/[C@@H](O)CCCCC. The van der Waals surface area contributed by atoms with Gasteiger partial charge in [0.1, 0.15) is 18.5 Å². The van der Waals surface area contributed by atoms with Crippen molar-refractivity contribution in [2.24, 2.45) is 11.8 Å². The maximum absolute atomic E-state index is 12.7. The molecule has 1 saturated carbocycles. The number of aliphatic hydroxyl groups excluding tert-OH is 4. The average molecular weight is 845 g/mol. The second kappa shape index (κ2) is 34.5. The number of aliphatic hydroxyl groups is 4. The number of esters is 2. The summed E-state index contributed by atoms with van der Waals surface area (Å²) in [6.07, 6.45) is 27.2. The zero-order chi connectivity index (χ0) is 42.9. The van der Waals surface area contributed by atoms with Crippen molar-refractivity contribution in [1.29, 1.82) is 0 Å². The van der Waals surface area contributed by atoms with Gasteiger partial charge >= 0.3 is 19.8 Å². The molecule has 0 aromatic heterocycles. The molecule has 14 heteroatoms. The number of allylic oxidation sites excluding steroid dienone is 5. The first-order valence-electron chi connectivity index (χ1n) is 22.0. The van der Waals surface area contributed by atoms with Gasteiger partial charge in [-0.3, -0.25) is 23.4 Å². The van der Waals surface area contributed by atoms with Gasteiger partial charge in [-0.1, -0.05) is 121 Å². The van der Waals surface area contributed by atoms with Gasteiger partial charge in [0.2, 0.25) is 0 Å². The van der Waals surface area contributed by atoms with E-state index in [9.17, 15) is 39.2 Å². The first-order valence-corrected chi connectivity index (χ1v) is 23.5. The molecule has 0 amide bonds. The van der Waals surface area contributed by atoms with E-state index in [1.807, 2.05) is 0 Å². The van der Waals surface area contributed by atoms with Crippen LogP contribution in [0.4, 0.5) is 0 Å². The molecule has 1 aliphatic carbocycles. The van der Waals surface area contributed by atoms with Crippen molar-refractivity contribution in [3.63, 3.8) is 0 Å². The lowest BCUT2D eigenvalue weighted by atomic mass is 9.88. The van der Waals surface area contributed by atoms with Crippen molar-refractivity contribution in [1.82, 2.24) is 0 Å².